The van der Waals surface area contributed by atoms with Gasteiger partial charge in [0.2, 0.25) is 5.75 Å². The zero-order valence-electron chi connectivity index (χ0n) is 13.2. The minimum atomic E-state index is -0.580. The van der Waals surface area contributed by atoms with Crippen molar-refractivity contribution in [2.24, 2.45) is 0 Å². The van der Waals surface area contributed by atoms with Gasteiger partial charge in [0.25, 0.3) is 0 Å². The first kappa shape index (κ1) is 17.1. The van der Waals surface area contributed by atoms with Crippen molar-refractivity contribution >= 4 is 5.97 Å². The van der Waals surface area contributed by atoms with E-state index in [0.717, 1.165) is 6.42 Å². The maximum absolute atomic E-state index is 12.0. The third-order valence-corrected chi connectivity index (χ3v) is 3.06. The van der Waals surface area contributed by atoms with Crippen LogP contribution in [0.5, 0.6) is 17.2 Å². The minimum absolute atomic E-state index is 0.363. The summed E-state index contributed by atoms with van der Waals surface area (Å²) in [5.41, 5.74) is 0.699. The van der Waals surface area contributed by atoms with E-state index in [9.17, 15) is 4.79 Å². The minimum Gasteiger partial charge on any atom is -0.493 e. The first-order chi connectivity index (χ1) is 10.1. The Morgan fingerprint density at radius 2 is 1.67 bits per heavy atom. The predicted octanol–water partition coefficient (Wildman–Crippen LogP) is 1.93. The van der Waals surface area contributed by atoms with Crippen LogP contribution in [0.4, 0.5) is 0 Å². The molecule has 0 spiro atoms. The highest BCUT2D eigenvalue weighted by Crippen LogP contribution is 2.39. The molecular formula is C15H23NO5. The Bertz CT molecular complexity index is 450. The first-order valence-electron chi connectivity index (χ1n) is 6.74. The SMILES string of the molecule is CCCNC(C(=O)OC)c1cc(OC)c(OC)c(OC)c1. The zero-order chi connectivity index (χ0) is 15.8. The van der Waals surface area contributed by atoms with Gasteiger partial charge in [-0.2, -0.15) is 0 Å². The van der Waals surface area contributed by atoms with Crippen molar-refractivity contribution in [3.63, 3.8) is 0 Å². The summed E-state index contributed by atoms with van der Waals surface area (Å²) < 4.78 is 20.7. The fraction of sp³-hybridized carbons (Fsp3) is 0.533. The first-order valence-corrected chi connectivity index (χ1v) is 6.74. The monoisotopic (exact) mass is 297 g/mol. The lowest BCUT2D eigenvalue weighted by atomic mass is 10.1. The topological polar surface area (TPSA) is 66.0 Å². The van der Waals surface area contributed by atoms with Crippen LogP contribution in [0.15, 0.2) is 12.1 Å². The predicted molar refractivity (Wildman–Crippen MR) is 79.1 cm³/mol. The van der Waals surface area contributed by atoms with E-state index in [1.807, 2.05) is 6.92 Å². The molecule has 1 aromatic rings. The molecule has 0 bridgehead atoms. The van der Waals surface area contributed by atoms with Gasteiger partial charge in [0, 0.05) is 0 Å². The third kappa shape index (κ3) is 4.01. The Balaban J connectivity index is 3.27. The molecule has 0 aliphatic heterocycles. The molecule has 0 saturated heterocycles. The smallest absolute Gasteiger partial charge is 0.327 e. The number of nitrogens with one attached hydrogen (secondary N) is 1. The second-order valence-corrected chi connectivity index (χ2v) is 4.37. The third-order valence-electron chi connectivity index (χ3n) is 3.06. The van der Waals surface area contributed by atoms with Crippen LogP contribution in [0.2, 0.25) is 0 Å². The molecule has 0 saturated carbocycles. The normalized spacial score (nSPS) is 11.7. The second-order valence-electron chi connectivity index (χ2n) is 4.37. The van der Waals surface area contributed by atoms with Crippen molar-refractivity contribution < 1.29 is 23.7 Å². The van der Waals surface area contributed by atoms with Crippen molar-refractivity contribution in [1.29, 1.82) is 0 Å². The number of ether oxygens (including phenoxy) is 4. The van der Waals surface area contributed by atoms with E-state index in [1.54, 1.807) is 12.1 Å². The molecule has 1 rings (SSSR count). The van der Waals surface area contributed by atoms with Crippen LogP contribution in [0.1, 0.15) is 24.9 Å². The maximum Gasteiger partial charge on any atom is 0.327 e. The van der Waals surface area contributed by atoms with Crippen molar-refractivity contribution in [2.75, 3.05) is 35.0 Å². The van der Waals surface area contributed by atoms with Crippen molar-refractivity contribution in [2.45, 2.75) is 19.4 Å². The lowest BCUT2D eigenvalue weighted by Crippen LogP contribution is -2.30. The molecule has 1 aromatic carbocycles. The van der Waals surface area contributed by atoms with E-state index in [1.165, 1.54) is 28.4 Å². The highest BCUT2D eigenvalue weighted by atomic mass is 16.5. The molecule has 0 aliphatic carbocycles. The standard InChI is InChI=1S/C15H23NO5/c1-6-7-16-13(15(17)21-5)10-8-11(18-2)14(20-4)12(9-10)19-3/h8-9,13,16H,6-7H2,1-5H3. The van der Waals surface area contributed by atoms with Crippen LogP contribution in [0.25, 0.3) is 0 Å². The molecule has 0 aliphatic rings. The highest BCUT2D eigenvalue weighted by molar-refractivity contribution is 5.78. The van der Waals surface area contributed by atoms with Crippen LogP contribution in [0, 0.1) is 0 Å². The highest BCUT2D eigenvalue weighted by Gasteiger charge is 2.24. The number of esters is 1. The summed E-state index contributed by atoms with van der Waals surface area (Å²) in [6, 6.07) is 2.90. The average molecular weight is 297 g/mol. The van der Waals surface area contributed by atoms with E-state index < -0.39 is 6.04 Å². The molecule has 0 heterocycles. The van der Waals surface area contributed by atoms with Gasteiger partial charge in [0.15, 0.2) is 11.5 Å². The quantitative estimate of drug-likeness (QED) is 0.740. The van der Waals surface area contributed by atoms with Gasteiger partial charge in [0.1, 0.15) is 6.04 Å². The molecule has 6 nitrogen and oxygen atoms in total. The lowest BCUT2D eigenvalue weighted by molar-refractivity contribution is -0.143. The maximum atomic E-state index is 12.0. The Morgan fingerprint density at radius 3 is 2.05 bits per heavy atom. The van der Waals surface area contributed by atoms with Crippen LogP contribution in [-0.2, 0) is 9.53 Å². The molecule has 1 N–H and O–H groups in total. The van der Waals surface area contributed by atoms with Crippen LogP contribution in [0.3, 0.4) is 0 Å². The molecule has 21 heavy (non-hydrogen) atoms. The van der Waals surface area contributed by atoms with E-state index in [4.69, 9.17) is 18.9 Å². The summed E-state index contributed by atoms with van der Waals surface area (Å²) in [5, 5.41) is 3.15. The van der Waals surface area contributed by atoms with E-state index in [-0.39, 0.29) is 5.97 Å². The number of carbonyl (C=O) groups is 1. The molecule has 0 fully saturated rings. The van der Waals surface area contributed by atoms with Crippen LogP contribution >= 0.6 is 0 Å². The number of methoxy groups -OCH3 is 4. The van der Waals surface area contributed by atoms with Gasteiger partial charge in [-0.1, -0.05) is 6.92 Å². The summed E-state index contributed by atoms with van der Waals surface area (Å²) in [6.45, 7) is 2.72. The summed E-state index contributed by atoms with van der Waals surface area (Å²) in [4.78, 5) is 12.0. The Hall–Kier alpha value is -1.95. The Morgan fingerprint density at radius 1 is 1.10 bits per heavy atom. The average Bonchev–Trinajstić information content (AvgIpc) is 2.53. The molecule has 118 valence electrons. The van der Waals surface area contributed by atoms with Gasteiger partial charge >= 0.3 is 5.97 Å². The van der Waals surface area contributed by atoms with Crippen molar-refractivity contribution in [1.82, 2.24) is 5.32 Å². The van der Waals surface area contributed by atoms with Crippen LogP contribution in [-0.4, -0.2) is 41.0 Å². The number of carbonyl (C=O) groups excluding carboxylic acids is 1. The second kappa shape index (κ2) is 8.36. The summed E-state index contributed by atoms with van der Waals surface area (Å²) >= 11 is 0. The molecule has 0 radical (unpaired) electrons. The van der Waals surface area contributed by atoms with Gasteiger partial charge in [-0.15, -0.1) is 0 Å². The van der Waals surface area contributed by atoms with Gasteiger partial charge in [-0.05, 0) is 30.7 Å². The largest absolute Gasteiger partial charge is 0.493 e. The summed E-state index contributed by atoms with van der Waals surface area (Å²) in [6.07, 6.45) is 0.901. The summed E-state index contributed by atoms with van der Waals surface area (Å²) in [7, 11) is 5.97. The van der Waals surface area contributed by atoms with Gasteiger partial charge < -0.3 is 24.3 Å². The van der Waals surface area contributed by atoms with E-state index in [0.29, 0.717) is 29.4 Å². The number of hydrogen-bond donors (Lipinski definition) is 1. The number of benzene rings is 1. The zero-order valence-corrected chi connectivity index (χ0v) is 13.2. The fourth-order valence-electron chi connectivity index (χ4n) is 2.01. The summed E-state index contributed by atoms with van der Waals surface area (Å²) in [5.74, 6) is 1.12. The number of rotatable bonds is 8. The van der Waals surface area contributed by atoms with Gasteiger partial charge in [0.05, 0.1) is 28.4 Å². The van der Waals surface area contributed by atoms with E-state index in [2.05, 4.69) is 5.32 Å². The van der Waals surface area contributed by atoms with Crippen molar-refractivity contribution in [3.05, 3.63) is 17.7 Å². The molecule has 1 atom stereocenters. The van der Waals surface area contributed by atoms with Gasteiger partial charge in [-0.25, -0.2) is 4.79 Å². The lowest BCUT2D eigenvalue weighted by Gasteiger charge is -2.20. The molecular weight excluding hydrogens is 274 g/mol. The molecule has 0 aromatic heterocycles. The fourth-order valence-corrected chi connectivity index (χ4v) is 2.01. The van der Waals surface area contributed by atoms with Crippen LogP contribution < -0.4 is 19.5 Å². The Kier molecular flexibility index (Phi) is 6.81. The molecule has 0 amide bonds. The molecule has 6 heteroatoms. The number of hydrogen-bond acceptors (Lipinski definition) is 6. The van der Waals surface area contributed by atoms with Crippen molar-refractivity contribution in [3.8, 4) is 17.2 Å². The Labute approximate surface area is 125 Å². The van der Waals surface area contributed by atoms with E-state index >= 15 is 0 Å². The van der Waals surface area contributed by atoms with Gasteiger partial charge in [-0.3, -0.25) is 0 Å². The molecule has 1 unspecified atom stereocenters.